The van der Waals surface area contributed by atoms with Crippen LogP contribution in [0.25, 0.3) is 0 Å². The molecular weight excluding hydrogens is 396 g/mol. The Balaban J connectivity index is 1.66. The molecule has 2 N–H and O–H groups in total. The number of carbonyl (C=O) groups excluding carboxylic acids is 2. The number of rotatable bonds is 8. The van der Waals surface area contributed by atoms with Crippen molar-refractivity contribution in [1.82, 2.24) is 5.32 Å². The van der Waals surface area contributed by atoms with Crippen LogP contribution in [-0.4, -0.2) is 24.7 Å². The van der Waals surface area contributed by atoms with Crippen molar-refractivity contribution in [3.05, 3.63) is 90.0 Å². The summed E-state index contributed by atoms with van der Waals surface area (Å²) in [5.74, 6) is 0.893. The molecule has 0 bridgehead atoms. The van der Waals surface area contributed by atoms with E-state index in [2.05, 4.69) is 10.6 Å². The Labute approximate surface area is 180 Å². The van der Waals surface area contributed by atoms with Crippen LogP contribution in [0.5, 0.6) is 5.75 Å². The molecule has 3 aromatic carbocycles. The van der Waals surface area contributed by atoms with Gasteiger partial charge in [0.05, 0.1) is 18.9 Å². The fourth-order valence-electron chi connectivity index (χ4n) is 2.99. The van der Waals surface area contributed by atoms with Crippen molar-refractivity contribution in [2.75, 3.05) is 18.2 Å². The molecule has 0 saturated heterocycles. The summed E-state index contributed by atoms with van der Waals surface area (Å²) >= 11 is 1.45. The molecule has 2 amide bonds. The lowest BCUT2D eigenvalue weighted by Gasteiger charge is -2.20. The highest BCUT2D eigenvalue weighted by molar-refractivity contribution is 8.00. The molecule has 6 heteroatoms. The second-order valence-electron chi connectivity index (χ2n) is 6.68. The number of methoxy groups -OCH3 is 1. The Morgan fingerprint density at radius 1 is 0.900 bits per heavy atom. The number of hydrogen-bond acceptors (Lipinski definition) is 4. The van der Waals surface area contributed by atoms with E-state index in [1.165, 1.54) is 18.7 Å². The zero-order valence-corrected chi connectivity index (χ0v) is 17.7. The number of hydrogen-bond donors (Lipinski definition) is 2. The molecule has 0 unspecified atom stereocenters. The molecule has 0 spiro atoms. The zero-order chi connectivity index (χ0) is 21.3. The van der Waals surface area contributed by atoms with E-state index in [0.29, 0.717) is 5.75 Å². The average molecular weight is 421 g/mol. The highest BCUT2D eigenvalue weighted by Crippen LogP contribution is 2.25. The molecule has 0 saturated carbocycles. The van der Waals surface area contributed by atoms with E-state index in [0.717, 1.165) is 27.5 Å². The van der Waals surface area contributed by atoms with Gasteiger partial charge in [0.2, 0.25) is 11.8 Å². The Bertz CT molecular complexity index is 974. The van der Waals surface area contributed by atoms with Crippen LogP contribution in [0.1, 0.15) is 24.1 Å². The number of amides is 2. The van der Waals surface area contributed by atoms with Crippen LogP contribution in [0, 0.1) is 0 Å². The smallest absolute Gasteiger partial charge is 0.231 e. The molecule has 1 atom stereocenters. The van der Waals surface area contributed by atoms with Crippen LogP contribution in [0.4, 0.5) is 5.69 Å². The molecule has 3 aromatic rings. The van der Waals surface area contributed by atoms with Gasteiger partial charge in [-0.05, 0) is 47.5 Å². The van der Waals surface area contributed by atoms with Crippen molar-refractivity contribution < 1.29 is 14.3 Å². The molecule has 0 aliphatic rings. The Morgan fingerprint density at radius 3 is 2.13 bits per heavy atom. The van der Waals surface area contributed by atoms with E-state index in [1.54, 1.807) is 7.11 Å². The quantitative estimate of drug-likeness (QED) is 0.521. The third-order valence-electron chi connectivity index (χ3n) is 4.43. The predicted octanol–water partition coefficient (Wildman–Crippen LogP) is 4.65. The number of thioether (sulfide) groups is 1. The second kappa shape index (κ2) is 10.5. The van der Waals surface area contributed by atoms with Gasteiger partial charge >= 0.3 is 0 Å². The molecule has 0 aromatic heterocycles. The van der Waals surface area contributed by atoms with E-state index in [4.69, 9.17) is 4.74 Å². The van der Waals surface area contributed by atoms with E-state index >= 15 is 0 Å². The van der Waals surface area contributed by atoms with Gasteiger partial charge in [0.15, 0.2) is 0 Å². The number of anilines is 1. The maximum absolute atomic E-state index is 12.7. The fourth-order valence-corrected chi connectivity index (χ4v) is 3.70. The lowest BCUT2D eigenvalue weighted by Crippen LogP contribution is -2.30. The lowest BCUT2D eigenvalue weighted by molar-refractivity contribution is -0.119. The number of nitrogens with one attached hydrogen (secondary N) is 2. The molecule has 0 aliphatic heterocycles. The van der Waals surface area contributed by atoms with Crippen LogP contribution in [0.15, 0.2) is 83.8 Å². The summed E-state index contributed by atoms with van der Waals surface area (Å²) in [5.41, 5.74) is 2.74. The molecular formula is C24H24N2O3S. The lowest BCUT2D eigenvalue weighted by atomic mass is 9.98. The van der Waals surface area contributed by atoms with E-state index in [-0.39, 0.29) is 17.9 Å². The van der Waals surface area contributed by atoms with Crippen molar-refractivity contribution in [3.8, 4) is 5.75 Å². The first kappa shape index (κ1) is 21.5. The van der Waals surface area contributed by atoms with Gasteiger partial charge in [-0.15, -0.1) is 11.8 Å². The molecule has 0 aliphatic carbocycles. The van der Waals surface area contributed by atoms with Gasteiger partial charge in [0, 0.05) is 17.5 Å². The first-order chi connectivity index (χ1) is 14.5. The number of ether oxygens (including phenoxy) is 1. The maximum Gasteiger partial charge on any atom is 0.231 e. The molecule has 5 nitrogen and oxygen atoms in total. The summed E-state index contributed by atoms with van der Waals surface area (Å²) < 4.78 is 5.24. The summed E-state index contributed by atoms with van der Waals surface area (Å²) in [6.45, 7) is 1.47. The number of carbonyl (C=O) groups is 2. The van der Waals surface area contributed by atoms with Crippen LogP contribution in [0.2, 0.25) is 0 Å². The minimum atomic E-state index is -0.243. The van der Waals surface area contributed by atoms with Gasteiger partial charge in [-0.2, -0.15) is 0 Å². The van der Waals surface area contributed by atoms with Crippen molar-refractivity contribution in [3.63, 3.8) is 0 Å². The monoisotopic (exact) mass is 420 g/mol. The Morgan fingerprint density at radius 2 is 1.53 bits per heavy atom. The Hall–Kier alpha value is -3.25. The average Bonchev–Trinajstić information content (AvgIpc) is 2.77. The van der Waals surface area contributed by atoms with Crippen LogP contribution >= 0.6 is 11.8 Å². The van der Waals surface area contributed by atoms with Crippen molar-refractivity contribution in [2.45, 2.75) is 17.9 Å². The van der Waals surface area contributed by atoms with Crippen molar-refractivity contribution in [2.24, 2.45) is 0 Å². The molecule has 30 heavy (non-hydrogen) atoms. The summed E-state index contributed by atoms with van der Waals surface area (Å²) in [7, 11) is 1.63. The SMILES string of the molecule is COc1ccc([C@@H](NC(=O)CSc2ccc(NC(C)=O)cc2)c2ccccc2)cc1. The zero-order valence-electron chi connectivity index (χ0n) is 16.9. The molecule has 0 heterocycles. The van der Waals surface area contributed by atoms with Gasteiger partial charge in [0.25, 0.3) is 0 Å². The predicted molar refractivity (Wildman–Crippen MR) is 121 cm³/mol. The molecule has 3 rings (SSSR count). The van der Waals surface area contributed by atoms with Gasteiger partial charge in [0.1, 0.15) is 5.75 Å². The normalized spacial score (nSPS) is 11.4. The largest absolute Gasteiger partial charge is 0.497 e. The highest BCUT2D eigenvalue weighted by Gasteiger charge is 2.17. The van der Waals surface area contributed by atoms with Gasteiger partial charge in [-0.25, -0.2) is 0 Å². The summed E-state index contributed by atoms with van der Waals surface area (Å²) in [6.07, 6.45) is 0. The molecule has 154 valence electrons. The summed E-state index contributed by atoms with van der Waals surface area (Å²) in [5, 5.41) is 5.87. The summed E-state index contributed by atoms with van der Waals surface area (Å²) in [6, 6.07) is 24.8. The first-order valence-electron chi connectivity index (χ1n) is 9.54. The number of benzene rings is 3. The van der Waals surface area contributed by atoms with Crippen molar-refractivity contribution >= 4 is 29.3 Å². The topological polar surface area (TPSA) is 67.4 Å². The minimum Gasteiger partial charge on any atom is -0.497 e. The Kier molecular flexibility index (Phi) is 7.51. The molecule has 0 fully saturated rings. The third-order valence-corrected chi connectivity index (χ3v) is 5.44. The van der Waals surface area contributed by atoms with Gasteiger partial charge < -0.3 is 15.4 Å². The second-order valence-corrected chi connectivity index (χ2v) is 7.73. The highest BCUT2D eigenvalue weighted by atomic mass is 32.2. The van der Waals surface area contributed by atoms with Crippen LogP contribution in [0.3, 0.4) is 0 Å². The fraction of sp³-hybridized carbons (Fsp3) is 0.167. The van der Waals surface area contributed by atoms with Crippen LogP contribution in [-0.2, 0) is 9.59 Å². The molecule has 0 radical (unpaired) electrons. The summed E-state index contributed by atoms with van der Waals surface area (Å²) in [4.78, 5) is 24.8. The first-order valence-corrected chi connectivity index (χ1v) is 10.5. The standard InChI is InChI=1S/C24H24N2O3S/c1-17(27)25-20-10-14-22(15-11-20)30-16-23(28)26-24(18-6-4-3-5-7-18)19-8-12-21(29-2)13-9-19/h3-15,24H,16H2,1-2H3,(H,25,27)(H,26,28)/t24-/m0/s1. The van der Waals surface area contributed by atoms with Gasteiger partial charge in [-0.3, -0.25) is 9.59 Å². The minimum absolute atomic E-state index is 0.0596. The third kappa shape index (κ3) is 6.12. The van der Waals surface area contributed by atoms with Crippen molar-refractivity contribution in [1.29, 1.82) is 0 Å². The maximum atomic E-state index is 12.7. The van der Waals surface area contributed by atoms with Crippen LogP contribution < -0.4 is 15.4 Å². The van der Waals surface area contributed by atoms with Gasteiger partial charge in [-0.1, -0.05) is 42.5 Å². The van der Waals surface area contributed by atoms with E-state index in [1.807, 2.05) is 78.9 Å². The van der Waals surface area contributed by atoms with E-state index < -0.39 is 0 Å². The van der Waals surface area contributed by atoms with E-state index in [9.17, 15) is 9.59 Å².